The average Bonchev–Trinajstić information content (AvgIpc) is 2.93. The average molecular weight is 314 g/mol. The molecule has 1 aliphatic rings. The van der Waals surface area contributed by atoms with Gasteiger partial charge in [-0.3, -0.25) is 9.00 Å². The minimum absolute atomic E-state index is 0.109. The Balaban J connectivity index is 1.91. The van der Waals surface area contributed by atoms with Gasteiger partial charge in [-0.15, -0.1) is 0 Å². The summed E-state index contributed by atoms with van der Waals surface area (Å²) in [5, 5.41) is 3.09. The number of hydrogen-bond acceptors (Lipinski definition) is 2. The Morgan fingerprint density at radius 3 is 2.70 bits per heavy atom. The molecule has 0 spiro atoms. The smallest absolute Gasteiger partial charge is 0.235 e. The quantitative estimate of drug-likeness (QED) is 0.908. The van der Waals surface area contributed by atoms with E-state index in [1.165, 1.54) is 12.8 Å². The molecule has 0 aromatic heterocycles. The zero-order valence-corrected chi connectivity index (χ0v) is 13.2. The van der Waals surface area contributed by atoms with E-state index < -0.39 is 16.0 Å². The molecule has 1 fully saturated rings. The molecule has 2 rings (SSSR count). The van der Waals surface area contributed by atoms with Crippen LogP contribution < -0.4 is 5.32 Å². The molecule has 20 heavy (non-hydrogen) atoms. The number of halogens is 1. The van der Waals surface area contributed by atoms with E-state index in [1.807, 2.05) is 18.2 Å². The number of hydrogen-bond donors (Lipinski definition) is 1. The van der Waals surface area contributed by atoms with Gasteiger partial charge in [-0.25, -0.2) is 0 Å². The van der Waals surface area contributed by atoms with Gasteiger partial charge in [-0.1, -0.05) is 42.6 Å². The van der Waals surface area contributed by atoms with Crippen molar-refractivity contribution in [1.82, 2.24) is 5.32 Å². The summed E-state index contributed by atoms with van der Waals surface area (Å²) >= 11 is 6.06. The molecular formula is C15H20ClNO2S. The van der Waals surface area contributed by atoms with Crippen LogP contribution in [0.5, 0.6) is 0 Å². The number of nitrogens with one attached hydrogen (secondary N) is 1. The Morgan fingerprint density at radius 2 is 2.05 bits per heavy atom. The monoisotopic (exact) mass is 313 g/mol. The fourth-order valence-corrected chi connectivity index (χ4v) is 3.80. The lowest BCUT2D eigenvalue weighted by molar-refractivity contribution is -0.121. The summed E-state index contributed by atoms with van der Waals surface area (Å²) in [5.41, 5.74) is 0.827. The van der Waals surface area contributed by atoms with E-state index in [-0.39, 0.29) is 11.9 Å². The summed E-state index contributed by atoms with van der Waals surface area (Å²) in [6, 6.07) is 7.59. The maximum atomic E-state index is 12.3. The van der Waals surface area contributed by atoms with E-state index in [0.717, 1.165) is 18.4 Å². The number of rotatable bonds is 5. The van der Waals surface area contributed by atoms with Crippen molar-refractivity contribution in [2.45, 2.75) is 49.7 Å². The second kappa shape index (κ2) is 7.23. The van der Waals surface area contributed by atoms with Crippen LogP contribution in [-0.2, 0) is 21.3 Å². The number of amides is 1. The summed E-state index contributed by atoms with van der Waals surface area (Å²) in [5.74, 6) is 0.209. The number of benzene rings is 1. The van der Waals surface area contributed by atoms with E-state index in [4.69, 9.17) is 11.6 Å². The molecule has 5 heteroatoms. The lowest BCUT2D eigenvalue weighted by Crippen LogP contribution is -2.40. The summed E-state index contributed by atoms with van der Waals surface area (Å²) in [7, 11) is -1.25. The molecule has 2 atom stereocenters. The highest BCUT2D eigenvalue weighted by Gasteiger charge is 2.24. The van der Waals surface area contributed by atoms with Gasteiger partial charge in [0.15, 0.2) is 0 Å². The predicted octanol–water partition coefficient (Wildman–Crippen LogP) is 3.04. The first kappa shape index (κ1) is 15.5. The van der Waals surface area contributed by atoms with Gasteiger partial charge in [0, 0.05) is 21.9 Å². The molecule has 1 amide bonds. The third-order valence-electron chi connectivity index (χ3n) is 3.72. The highest BCUT2D eigenvalue weighted by Crippen LogP contribution is 2.20. The van der Waals surface area contributed by atoms with Crippen molar-refractivity contribution < 1.29 is 9.00 Å². The van der Waals surface area contributed by atoms with Gasteiger partial charge in [0.05, 0.1) is 5.75 Å². The second-order valence-electron chi connectivity index (χ2n) is 5.25. The Bertz CT molecular complexity index is 500. The van der Waals surface area contributed by atoms with Crippen molar-refractivity contribution in [2.24, 2.45) is 0 Å². The van der Waals surface area contributed by atoms with Crippen LogP contribution in [0.25, 0.3) is 0 Å². The van der Waals surface area contributed by atoms with Crippen LogP contribution in [0.1, 0.15) is 38.2 Å². The van der Waals surface area contributed by atoms with E-state index in [1.54, 1.807) is 13.0 Å². The van der Waals surface area contributed by atoms with Gasteiger partial charge < -0.3 is 5.32 Å². The molecule has 0 heterocycles. The van der Waals surface area contributed by atoms with Crippen LogP contribution in [0.2, 0.25) is 5.02 Å². The van der Waals surface area contributed by atoms with Crippen LogP contribution in [0.15, 0.2) is 24.3 Å². The molecule has 0 radical (unpaired) electrons. The molecule has 110 valence electrons. The van der Waals surface area contributed by atoms with Gasteiger partial charge >= 0.3 is 0 Å². The maximum Gasteiger partial charge on any atom is 0.235 e. The normalized spacial score (nSPS) is 18.7. The van der Waals surface area contributed by atoms with Crippen molar-refractivity contribution in [1.29, 1.82) is 0 Å². The van der Waals surface area contributed by atoms with Gasteiger partial charge in [-0.2, -0.15) is 0 Å². The molecule has 0 bridgehead atoms. The van der Waals surface area contributed by atoms with Crippen LogP contribution in [0, 0.1) is 0 Å². The van der Waals surface area contributed by atoms with Crippen molar-refractivity contribution in [3.05, 3.63) is 34.9 Å². The van der Waals surface area contributed by atoms with Crippen molar-refractivity contribution in [2.75, 3.05) is 0 Å². The lowest BCUT2D eigenvalue weighted by atomic mass is 10.2. The third-order valence-corrected chi connectivity index (χ3v) is 5.69. The van der Waals surface area contributed by atoms with E-state index in [9.17, 15) is 9.00 Å². The van der Waals surface area contributed by atoms with Crippen molar-refractivity contribution in [3.8, 4) is 0 Å². The Labute approximate surface area is 127 Å². The van der Waals surface area contributed by atoms with Crippen LogP contribution in [0.4, 0.5) is 0 Å². The van der Waals surface area contributed by atoms with Gasteiger partial charge in [0.1, 0.15) is 5.25 Å². The fourth-order valence-electron chi connectivity index (χ4n) is 2.40. The second-order valence-corrected chi connectivity index (χ2v) is 7.41. The fraction of sp³-hybridized carbons (Fsp3) is 0.533. The number of carbonyl (C=O) groups excluding carboxylic acids is 1. The topological polar surface area (TPSA) is 46.2 Å². The molecule has 1 N–H and O–H groups in total. The predicted molar refractivity (Wildman–Crippen MR) is 83.2 cm³/mol. The van der Waals surface area contributed by atoms with Crippen molar-refractivity contribution >= 4 is 28.3 Å². The molecule has 1 aliphatic carbocycles. The molecule has 0 aliphatic heterocycles. The minimum Gasteiger partial charge on any atom is -0.352 e. The molecule has 0 saturated heterocycles. The Kier molecular flexibility index (Phi) is 5.61. The van der Waals surface area contributed by atoms with E-state index in [0.29, 0.717) is 10.8 Å². The maximum absolute atomic E-state index is 12.3. The summed E-state index contributed by atoms with van der Waals surface area (Å²) in [6.07, 6.45) is 4.41. The summed E-state index contributed by atoms with van der Waals surface area (Å²) in [4.78, 5) is 12.1. The van der Waals surface area contributed by atoms with Gasteiger partial charge in [0.25, 0.3) is 0 Å². The molecule has 1 aromatic carbocycles. The molecule has 0 unspecified atom stereocenters. The Morgan fingerprint density at radius 1 is 1.40 bits per heavy atom. The first-order chi connectivity index (χ1) is 9.58. The SMILES string of the molecule is C[C@@H](C(=O)NC1CCCC1)[S@@](=O)Cc1ccccc1Cl. The molecule has 3 nitrogen and oxygen atoms in total. The van der Waals surface area contributed by atoms with Gasteiger partial charge in [-0.05, 0) is 31.4 Å². The zero-order valence-electron chi connectivity index (χ0n) is 11.6. The first-order valence-corrected chi connectivity index (χ1v) is 8.75. The highest BCUT2D eigenvalue weighted by molar-refractivity contribution is 7.85. The van der Waals surface area contributed by atoms with Crippen LogP contribution in [0.3, 0.4) is 0 Å². The van der Waals surface area contributed by atoms with E-state index in [2.05, 4.69) is 5.32 Å². The summed E-state index contributed by atoms with van der Waals surface area (Å²) in [6.45, 7) is 1.72. The number of carbonyl (C=O) groups is 1. The highest BCUT2D eigenvalue weighted by atomic mass is 35.5. The Hall–Kier alpha value is -0.870. The third kappa shape index (κ3) is 4.06. The molecule has 1 aromatic rings. The first-order valence-electron chi connectivity index (χ1n) is 6.99. The van der Waals surface area contributed by atoms with Crippen LogP contribution >= 0.6 is 11.6 Å². The van der Waals surface area contributed by atoms with E-state index >= 15 is 0 Å². The molecular weight excluding hydrogens is 294 g/mol. The van der Waals surface area contributed by atoms with Crippen molar-refractivity contribution in [3.63, 3.8) is 0 Å². The standard InChI is InChI=1S/C15H20ClNO2S/c1-11(15(18)17-13-7-3-4-8-13)20(19)10-12-6-2-5-9-14(12)16/h2,5-6,9,11,13H,3-4,7-8,10H2,1H3,(H,17,18)/t11-,20-/m0/s1. The lowest BCUT2D eigenvalue weighted by Gasteiger charge is -2.16. The molecule has 1 saturated carbocycles. The largest absolute Gasteiger partial charge is 0.352 e. The van der Waals surface area contributed by atoms with Gasteiger partial charge in [0.2, 0.25) is 5.91 Å². The summed E-state index contributed by atoms with van der Waals surface area (Å²) < 4.78 is 12.3. The zero-order chi connectivity index (χ0) is 14.5. The van der Waals surface area contributed by atoms with Crippen LogP contribution in [-0.4, -0.2) is 21.4 Å². The minimum atomic E-state index is -1.25.